The highest BCUT2D eigenvalue weighted by Gasteiger charge is 2.26. The molecule has 0 aromatic carbocycles. The van der Waals surface area contributed by atoms with E-state index in [1.165, 1.54) is 11.3 Å². The van der Waals surface area contributed by atoms with Gasteiger partial charge in [-0.25, -0.2) is 8.42 Å². The van der Waals surface area contributed by atoms with Gasteiger partial charge in [0, 0.05) is 10.9 Å². The van der Waals surface area contributed by atoms with E-state index < -0.39 is 10.0 Å². The first kappa shape index (κ1) is 13.1. The number of aliphatic hydroxyl groups is 1. The van der Waals surface area contributed by atoms with Crippen LogP contribution in [0.2, 0.25) is 0 Å². The molecule has 2 heterocycles. The van der Waals surface area contributed by atoms with E-state index in [0.29, 0.717) is 17.0 Å². The Morgan fingerprint density at radius 3 is 2.67 bits per heavy atom. The predicted molar refractivity (Wildman–Crippen MR) is 69.2 cm³/mol. The SMILES string of the molecule is Cc1oc(C)c(S(=O)(=O)Nc2ccsc2)c1CO. The monoisotopic (exact) mass is 287 g/mol. The summed E-state index contributed by atoms with van der Waals surface area (Å²) in [6.07, 6.45) is 0. The number of furan rings is 1. The maximum Gasteiger partial charge on any atom is 0.265 e. The molecule has 0 unspecified atom stereocenters. The van der Waals surface area contributed by atoms with Gasteiger partial charge in [0.05, 0.1) is 12.3 Å². The molecule has 0 aliphatic carbocycles. The van der Waals surface area contributed by atoms with Crippen molar-refractivity contribution < 1.29 is 17.9 Å². The van der Waals surface area contributed by atoms with Gasteiger partial charge < -0.3 is 9.52 Å². The summed E-state index contributed by atoms with van der Waals surface area (Å²) in [5, 5.41) is 12.7. The molecule has 0 fully saturated rings. The summed E-state index contributed by atoms with van der Waals surface area (Å²) < 4.78 is 32.2. The van der Waals surface area contributed by atoms with Crippen molar-refractivity contribution in [3.8, 4) is 0 Å². The summed E-state index contributed by atoms with van der Waals surface area (Å²) in [5.74, 6) is 0.694. The van der Waals surface area contributed by atoms with Gasteiger partial charge in [0.15, 0.2) is 0 Å². The van der Waals surface area contributed by atoms with Gasteiger partial charge in [-0.1, -0.05) is 0 Å². The molecule has 2 aromatic heterocycles. The lowest BCUT2D eigenvalue weighted by atomic mass is 10.2. The van der Waals surface area contributed by atoms with Gasteiger partial charge in [0.2, 0.25) is 0 Å². The first-order chi connectivity index (χ1) is 8.45. The minimum atomic E-state index is -3.73. The Morgan fingerprint density at radius 1 is 1.39 bits per heavy atom. The van der Waals surface area contributed by atoms with E-state index in [-0.39, 0.29) is 17.3 Å². The summed E-state index contributed by atoms with van der Waals surface area (Å²) in [6, 6.07) is 1.67. The lowest BCUT2D eigenvalue weighted by Gasteiger charge is -2.06. The normalized spacial score (nSPS) is 11.7. The molecule has 5 nitrogen and oxygen atoms in total. The summed E-state index contributed by atoms with van der Waals surface area (Å²) in [4.78, 5) is 0.0219. The highest BCUT2D eigenvalue weighted by molar-refractivity contribution is 7.92. The van der Waals surface area contributed by atoms with Gasteiger partial charge in [-0.3, -0.25) is 4.72 Å². The topological polar surface area (TPSA) is 79.5 Å². The van der Waals surface area contributed by atoms with Crippen LogP contribution in [0.5, 0.6) is 0 Å². The molecule has 0 radical (unpaired) electrons. The molecule has 0 atom stereocenters. The van der Waals surface area contributed by atoms with Crippen LogP contribution in [0.1, 0.15) is 17.1 Å². The van der Waals surface area contributed by atoms with Crippen LogP contribution in [0, 0.1) is 13.8 Å². The highest BCUT2D eigenvalue weighted by Crippen LogP contribution is 2.28. The van der Waals surface area contributed by atoms with Crippen molar-refractivity contribution in [1.29, 1.82) is 0 Å². The van der Waals surface area contributed by atoms with E-state index in [2.05, 4.69) is 4.72 Å². The summed E-state index contributed by atoms with van der Waals surface area (Å²) in [6.45, 7) is 2.82. The fraction of sp³-hybridized carbons (Fsp3) is 0.273. The molecule has 2 N–H and O–H groups in total. The van der Waals surface area contributed by atoms with Crippen LogP contribution in [-0.2, 0) is 16.6 Å². The molecular weight excluding hydrogens is 274 g/mol. The fourth-order valence-corrected chi connectivity index (χ4v) is 3.93. The number of aliphatic hydroxyl groups excluding tert-OH is 1. The van der Waals surface area contributed by atoms with Gasteiger partial charge in [0.25, 0.3) is 10.0 Å². The van der Waals surface area contributed by atoms with Crippen molar-refractivity contribution in [3.05, 3.63) is 33.9 Å². The molecule has 0 aliphatic heterocycles. The minimum Gasteiger partial charge on any atom is -0.465 e. The van der Waals surface area contributed by atoms with Crippen molar-refractivity contribution in [3.63, 3.8) is 0 Å². The Hall–Kier alpha value is -1.31. The van der Waals surface area contributed by atoms with Crippen molar-refractivity contribution in [1.82, 2.24) is 0 Å². The van der Waals surface area contributed by atoms with Crippen LogP contribution >= 0.6 is 11.3 Å². The van der Waals surface area contributed by atoms with E-state index in [1.54, 1.807) is 30.7 Å². The van der Waals surface area contributed by atoms with E-state index in [0.717, 1.165) is 0 Å². The molecule has 2 rings (SSSR count). The average Bonchev–Trinajstić information content (AvgIpc) is 2.85. The number of aryl methyl sites for hydroxylation is 2. The second-order valence-electron chi connectivity index (χ2n) is 3.80. The predicted octanol–water partition coefficient (Wildman–Crippen LogP) is 2.25. The zero-order valence-corrected chi connectivity index (χ0v) is 11.6. The van der Waals surface area contributed by atoms with E-state index in [1.807, 2.05) is 0 Å². The van der Waals surface area contributed by atoms with Crippen LogP contribution in [0.3, 0.4) is 0 Å². The van der Waals surface area contributed by atoms with Crippen LogP contribution in [0.4, 0.5) is 5.69 Å². The molecular formula is C11H13NO4S2. The number of rotatable bonds is 4. The van der Waals surface area contributed by atoms with Gasteiger partial charge in [-0.15, -0.1) is 0 Å². The Kier molecular flexibility index (Phi) is 3.47. The van der Waals surface area contributed by atoms with Gasteiger partial charge in [-0.05, 0) is 25.3 Å². The Morgan fingerprint density at radius 2 is 2.11 bits per heavy atom. The number of hydrogen-bond acceptors (Lipinski definition) is 5. The van der Waals surface area contributed by atoms with Crippen molar-refractivity contribution in [2.24, 2.45) is 0 Å². The lowest BCUT2D eigenvalue weighted by Crippen LogP contribution is -2.14. The molecule has 0 amide bonds. The zero-order valence-electron chi connectivity index (χ0n) is 9.93. The number of thiophene rings is 1. The highest BCUT2D eigenvalue weighted by atomic mass is 32.2. The molecule has 7 heteroatoms. The van der Waals surface area contributed by atoms with Crippen molar-refractivity contribution >= 4 is 27.0 Å². The second-order valence-corrected chi connectivity index (χ2v) is 6.20. The molecule has 0 saturated carbocycles. The maximum absolute atomic E-state index is 12.2. The molecule has 98 valence electrons. The van der Waals surface area contributed by atoms with E-state index in [9.17, 15) is 13.5 Å². The molecule has 0 aliphatic rings. The minimum absolute atomic E-state index is 0.0219. The first-order valence-electron chi connectivity index (χ1n) is 5.20. The molecule has 0 bridgehead atoms. The first-order valence-corrected chi connectivity index (χ1v) is 7.63. The number of sulfonamides is 1. The van der Waals surface area contributed by atoms with Crippen LogP contribution < -0.4 is 4.72 Å². The largest absolute Gasteiger partial charge is 0.465 e. The van der Waals surface area contributed by atoms with Crippen LogP contribution in [0.25, 0.3) is 0 Å². The van der Waals surface area contributed by atoms with Crippen LogP contribution in [0.15, 0.2) is 26.1 Å². The standard InChI is InChI=1S/C11H13NO4S2/c1-7-10(5-13)11(8(2)16-7)18(14,15)12-9-3-4-17-6-9/h3-4,6,12-13H,5H2,1-2H3. The van der Waals surface area contributed by atoms with E-state index in [4.69, 9.17) is 4.42 Å². The number of nitrogens with one attached hydrogen (secondary N) is 1. The van der Waals surface area contributed by atoms with Crippen molar-refractivity contribution in [2.75, 3.05) is 4.72 Å². The third kappa shape index (κ3) is 2.29. The third-order valence-corrected chi connectivity index (χ3v) is 4.78. The number of anilines is 1. The number of hydrogen-bond donors (Lipinski definition) is 2. The molecule has 18 heavy (non-hydrogen) atoms. The third-order valence-electron chi connectivity index (χ3n) is 2.53. The molecule has 2 aromatic rings. The second kappa shape index (κ2) is 4.75. The Labute approximate surface area is 109 Å². The van der Waals surface area contributed by atoms with Gasteiger partial charge in [0.1, 0.15) is 16.4 Å². The summed E-state index contributed by atoms with van der Waals surface area (Å²) in [5.41, 5.74) is 0.803. The summed E-state index contributed by atoms with van der Waals surface area (Å²) in [7, 11) is -3.73. The molecule has 0 spiro atoms. The molecule has 0 saturated heterocycles. The van der Waals surface area contributed by atoms with Crippen molar-refractivity contribution in [2.45, 2.75) is 25.3 Å². The quantitative estimate of drug-likeness (QED) is 0.904. The fourth-order valence-electron chi connectivity index (χ4n) is 1.77. The van der Waals surface area contributed by atoms with Gasteiger partial charge in [-0.2, -0.15) is 11.3 Å². The average molecular weight is 287 g/mol. The van der Waals surface area contributed by atoms with Crippen LogP contribution in [-0.4, -0.2) is 13.5 Å². The lowest BCUT2D eigenvalue weighted by molar-refractivity contribution is 0.276. The summed E-state index contributed by atoms with van der Waals surface area (Å²) >= 11 is 1.40. The Bertz CT molecular complexity index is 641. The zero-order chi connectivity index (χ0) is 13.3. The van der Waals surface area contributed by atoms with Gasteiger partial charge >= 0.3 is 0 Å². The smallest absolute Gasteiger partial charge is 0.265 e. The van der Waals surface area contributed by atoms with E-state index >= 15 is 0 Å². The maximum atomic E-state index is 12.2. The Balaban J connectivity index is 2.47.